The van der Waals surface area contributed by atoms with E-state index in [0.29, 0.717) is 6.61 Å². The van der Waals surface area contributed by atoms with Crippen LogP contribution in [0.2, 0.25) is 0 Å². The topological polar surface area (TPSA) is 41.9 Å². The Hall–Kier alpha value is -0.640. The quantitative estimate of drug-likeness (QED) is 0.302. The standard InChI is InChI=1S/C4H10N2O2/c1-6(2)3-4-8-5-7/h3-4H2,1-2H3. The van der Waals surface area contributed by atoms with Crippen LogP contribution in [0.15, 0.2) is 5.34 Å². The van der Waals surface area contributed by atoms with Gasteiger partial charge in [0, 0.05) is 6.54 Å². The molecule has 0 saturated heterocycles. The van der Waals surface area contributed by atoms with E-state index >= 15 is 0 Å². The lowest BCUT2D eigenvalue weighted by Crippen LogP contribution is -2.16. The van der Waals surface area contributed by atoms with Crippen molar-refractivity contribution in [3.8, 4) is 0 Å². The Morgan fingerprint density at radius 2 is 2.25 bits per heavy atom. The van der Waals surface area contributed by atoms with Crippen molar-refractivity contribution in [1.82, 2.24) is 4.90 Å². The molecule has 0 aliphatic rings. The molecule has 0 spiro atoms. The van der Waals surface area contributed by atoms with Crippen molar-refractivity contribution in [2.24, 2.45) is 5.34 Å². The molecule has 0 fully saturated rings. The summed E-state index contributed by atoms with van der Waals surface area (Å²) in [7, 11) is 3.79. The van der Waals surface area contributed by atoms with E-state index in [0.717, 1.165) is 6.54 Å². The molecule has 48 valence electrons. The first-order chi connectivity index (χ1) is 3.77. The van der Waals surface area contributed by atoms with E-state index in [1.165, 1.54) is 0 Å². The number of rotatable bonds is 4. The van der Waals surface area contributed by atoms with E-state index in [1.54, 1.807) is 0 Å². The molecule has 0 amide bonds. The maximum Gasteiger partial charge on any atom is 0.155 e. The van der Waals surface area contributed by atoms with E-state index in [-0.39, 0.29) is 0 Å². The predicted octanol–water partition coefficient (Wildman–Crippen LogP) is 0.246. The smallest absolute Gasteiger partial charge is 0.155 e. The molecule has 8 heavy (non-hydrogen) atoms. The normalized spacial score (nSPS) is 9.38. The number of nitrogens with zero attached hydrogens (tertiary/aromatic N) is 2. The number of likely N-dealkylation sites (N-methyl/N-ethyl adjacent to an activating group) is 1. The minimum Gasteiger partial charge on any atom is -0.363 e. The molecule has 0 aromatic rings. The van der Waals surface area contributed by atoms with Crippen molar-refractivity contribution in [2.75, 3.05) is 27.2 Å². The van der Waals surface area contributed by atoms with E-state index in [9.17, 15) is 4.91 Å². The molecular formula is C4H10N2O2. The van der Waals surface area contributed by atoms with Gasteiger partial charge < -0.3 is 9.74 Å². The molecule has 0 aliphatic heterocycles. The fraction of sp³-hybridized carbons (Fsp3) is 1.00. The van der Waals surface area contributed by atoms with Crippen molar-refractivity contribution in [3.63, 3.8) is 0 Å². The molecule has 0 rings (SSSR count). The highest BCUT2D eigenvalue weighted by molar-refractivity contribution is 4.36. The van der Waals surface area contributed by atoms with Crippen LogP contribution in [0.1, 0.15) is 0 Å². The maximum absolute atomic E-state index is 9.30. The molecular weight excluding hydrogens is 108 g/mol. The van der Waals surface area contributed by atoms with E-state index in [2.05, 4.69) is 10.2 Å². The highest BCUT2D eigenvalue weighted by atomic mass is 16.7. The van der Waals surface area contributed by atoms with Crippen molar-refractivity contribution >= 4 is 0 Å². The third kappa shape index (κ3) is 5.36. The van der Waals surface area contributed by atoms with Gasteiger partial charge in [0.25, 0.3) is 0 Å². The Morgan fingerprint density at radius 1 is 1.62 bits per heavy atom. The molecule has 0 unspecified atom stereocenters. The van der Waals surface area contributed by atoms with Gasteiger partial charge in [0.2, 0.25) is 0 Å². The maximum atomic E-state index is 9.30. The van der Waals surface area contributed by atoms with Gasteiger partial charge in [0.15, 0.2) is 5.34 Å². The first-order valence-electron chi connectivity index (χ1n) is 2.36. The third-order valence-electron chi connectivity index (χ3n) is 0.682. The van der Waals surface area contributed by atoms with Crippen LogP contribution in [0.4, 0.5) is 0 Å². The molecule has 0 aromatic carbocycles. The summed E-state index contributed by atoms with van der Waals surface area (Å²) in [5, 5.41) is 2.23. The van der Waals surface area contributed by atoms with Gasteiger partial charge in [0.05, 0.1) is 0 Å². The largest absolute Gasteiger partial charge is 0.363 e. The summed E-state index contributed by atoms with van der Waals surface area (Å²) in [5.41, 5.74) is 0. The zero-order valence-electron chi connectivity index (χ0n) is 5.13. The number of hydrogen-bond donors (Lipinski definition) is 0. The van der Waals surface area contributed by atoms with E-state index < -0.39 is 0 Å². The Labute approximate surface area is 48.4 Å². The first-order valence-corrected chi connectivity index (χ1v) is 2.36. The van der Waals surface area contributed by atoms with Crippen LogP contribution in [0, 0.1) is 4.91 Å². The Bertz CT molecular complexity index is 65.1. The Balaban J connectivity index is 2.81. The van der Waals surface area contributed by atoms with Crippen LogP contribution >= 0.6 is 0 Å². The average molecular weight is 118 g/mol. The predicted molar refractivity (Wildman–Crippen MR) is 30.3 cm³/mol. The van der Waals surface area contributed by atoms with Crippen LogP contribution < -0.4 is 0 Å². The molecule has 4 heteroatoms. The Morgan fingerprint density at radius 3 is 2.62 bits per heavy atom. The zero-order valence-corrected chi connectivity index (χ0v) is 5.13. The van der Waals surface area contributed by atoms with Crippen molar-refractivity contribution in [1.29, 1.82) is 0 Å². The minimum absolute atomic E-state index is 0.372. The SMILES string of the molecule is CN(C)CCON=O. The van der Waals surface area contributed by atoms with Crippen LogP contribution in [-0.2, 0) is 4.84 Å². The zero-order chi connectivity index (χ0) is 6.41. The summed E-state index contributed by atoms with van der Waals surface area (Å²) < 4.78 is 0. The monoisotopic (exact) mass is 118 g/mol. The van der Waals surface area contributed by atoms with Crippen molar-refractivity contribution in [2.45, 2.75) is 0 Å². The molecule has 0 bridgehead atoms. The molecule has 0 aliphatic carbocycles. The summed E-state index contributed by atoms with van der Waals surface area (Å²) in [6, 6.07) is 0. The van der Waals surface area contributed by atoms with E-state index in [1.807, 2.05) is 19.0 Å². The lowest BCUT2D eigenvalue weighted by molar-refractivity contribution is 0.122. The van der Waals surface area contributed by atoms with Gasteiger partial charge in [-0.15, -0.1) is 4.91 Å². The van der Waals surface area contributed by atoms with Gasteiger partial charge in [0.1, 0.15) is 6.61 Å². The average Bonchev–Trinajstić information content (AvgIpc) is 1.66. The van der Waals surface area contributed by atoms with Gasteiger partial charge in [-0.3, -0.25) is 0 Å². The second-order valence-corrected chi connectivity index (χ2v) is 1.71. The van der Waals surface area contributed by atoms with Crippen LogP contribution in [0.5, 0.6) is 0 Å². The molecule has 4 nitrogen and oxygen atoms in total. The molecule has 0 heterocycles. The van der Waals surface area contributed by atoms with Gasteiger partial charge in [-0.1, -0.05) is 0 Å². The fourth-order valence-corrected chi connectivity index (χ4v) is 0.261. The summed E-state index contributed by atoms with van der Waals surface area (Å²) in [4.78, 5) is 15.4. The van der Waals surface area contributed by atoms with Crippen LogP contribution in [-0.4, -0.2) is 32.1 Å². The van der Waals surface area contributed by atoms with Crippen molar-refractivity contribution in [3.05, 3.63) is 4.91 Å². The third-order valence-corrected chi connectivity index (χ3v) is 0.682. The van der Waals surface area contributed by atoms with Gasteiger partial charge in [-0.2, -0.15) is 0 Å². The van der Waals surface area contributed by atoms with Crippen molar-refractivity contribution < 1.29 is 4.84 Å². The molecule has 0 saturated carbocycles. The molecule has 0 N–H and O–H groups in total. The second kappa shape index (κ2) is 4.52. The fourth-order valence-electron chi connectivity index (χ4n) is 0.261. The van der Waals surface area contributed by atoms with Gasteiger partial charge >= 0.3 is 0 Å². The highest BCUT2D eigenvalue weighted by Crippen LogP contribution is 1.76. The molecule has 0 aromatic heterocycles. The van der Waals surface area contributed by atoms with Crippen LogP contribution in [0.3, 0.4) is 0 Å². The summed E-state index contributed by atoms with van der Waals surface area (Å²) >= 11 is 0. The molecule has 0 radical (unpaired) electrons. The second-order valence-electron chi connectivity index (χ2n) is 1.71. The van der Waals surface area contributed by atoms with Gasteiger partial charge in [-0.05, 0) is 14.1 Å². The molecule has 0 atom stereocenters. The lowest BCUT2D eigenvalue weighted by Gasteiger charge is -2.04. The number of hydrogen-bond acceptors (Lipinski definition) is 4. The minimum atomic E-state index is 0.372. The highest BCUT2D eigenvalue weighted by Gasteiger charge is 1.87. The first kappa shape index (κ1) is 7.36. The summed E-state index contributed by atoms with van der Waals surface area (Å²) in [6.07, 6.45) is 0. The Kier molecular flexibility index (Phi) is 4.16. The van der Waals surface area contributed by atoms with E-state index in [4.69, 9.17) is 0 Å². The lowest BCUT2D eigenvalue weighted by atomic mass is 10.6. The summed E-state index contributed by atoms with van der Waals surface area (Å²) in [6.45, 7) is 1.10. The van der Waals surface area contributed by atoms with Crippen LogP contribution in [0.25, 0.3) is 0 Å². The van der Waals surface area contributed by atoms with Gasteiger partial charge in [-0.25, -0.2) is 0 Å². The summed E-state index contributed by atoms with van der Waals surface area (Å²) in [5.74, 6) is 0.